The standard InChI is InChI=1S/C13H17FN2OS/c1-3-5-9(8-17-2)16-12-10(14)6-4-7-11(12)15-13(16)18/h4,6-7,9H,3,5,8H2,1-2H3,(H,15,18). The highest BCUT2D eigenvalue weighted by molar-refractivity contribution is 7.71. The summed E-state index contributed by atoms with van der Waals surface area (Å²) in [6, 6.07) is 5.04. The molecular weight excluding hydrogens is 251 g/mol. The van der Waals surface area contributed by atoms with E-state index in [1.54, 1.807) is 13.2 Å². The number of aromatic amines is 1. The first kappa shape index (κ1) is 13.2. The van der Waals surface area contributed by atoms with E-state index in [1.807, 2.05) is 10.6 Å². The number of H-pyrrole nitrogens is 1. The number of para-hydroxylation sites is 1. The number of ether oxygens (including phenoxy) is 1. The van der Waals surface area contributed by atoms with Gasteiger partial charge in [-0.2, -0.15) is 0 Å². The molecule has 1 unspecified atom stereocenters. The normalized spacial score (nSPS) is 13.1. The number of methoxy groups -OCH3 is 1. The summed E-state index contributed by atoms with van der Waals surface area (Å²) in [5.74, 6) is -0.253. The second-order valence-electron chi connectivity index (χ2n) is 4.33. The molecular formula is C13H17FN2OS. The van der Waals surface area contributed by atoms with Crippen LogP contribution < -0.4 is 0 Å². The Bertz CT molecular complexity index is 584. The Hall–Kier alpha value is -1.20. The van der Waals surface area contributed by atoms with Crippen molar-refractivity contribution in [2.75, 3.05) is 13.7 Å². The van der Waals surface area contributed by atoms with Crippen LogP contribution in [0.3, 0.4) is 0 Å². The molecule has 0 aliphatic rings. The van der Waals surface area contributed by atoms with Gasteiger partial charge in [0.15, 0.2) is 4.77 Å². The lowest BCUT2D eigenvalue weighted by molar-refractivity contribution is 0.151. The van der Waals surface area contributed by atoms with Gasteiger partial charge >= 0.3 is 0 Å². The number of aromatic nitrogens is 2. The van der Waals surface area contributed by atoms with E-state index >= 15 is 0 Å². The summed E-state index contributed by atoms with van der Waals surface area (Å²) in [5, 5.41) is 0. The van der Waals surface area contributed by atoms with Crippen molar-refractivity contribution in [2.24, 2.45) is 0 Å². The molecule has 2 rings (SSSR count). The number of fused-ring (bicyclic) bond motifs is 1. The van der Waals surface area contributed by atoms with Crippen molar-refractivity contribution in [2.45, 2.75) is 25.8 Å². The third-order valence-corrected chi connectivity index (χ3v) is 3.33. The van der Waals surface area contributed by atoms with Crippen molar-refractivity contribution in [1.29, 1.82) is 0 Å². The molecule has 18 heavy (non-hydrogen) atoms. The van der Waals surface area contributed by atoms with Gasteiger partial charge in [-0.05, 0) is 30.8 Å². The van der Waals surface area contributed by atoms with Crippen molar-refractivity contribution in [1.82, 2.24) is 9.55 Å². The molecule has 0 saturated carbocycles. The van der Waals surface area contributed by atoms with Crippen LogP contribution in [0.1, 0.15) is 25.8 Å². The molecule has 0 fully saturated rings. The van der Waals surface area contributed by atoms with E-state index in [0.29, 0.717) is 16.9 Å². The predicted octanol–water partition coefficient (Wildman–Crippen LogP) is 3.83. The molecule has 98 valence electrons. The number of benzene rings is 1. The van der Waals surface area contributed by atoms with Gasteiger partial charge in [0.05, 0.1) is 18.2 Å². The molecule has 1 aromatic heterocycles. The Morgan fingerprint density at radius 1 is 1.50 bits per heavy atom. The van der Waals surface area contributed by atoms with Gasteiger partial charge in [-0.15, -0.1) is 0 Å². The Kier molecular flexibility index (Phi) is 4.14. The largest absolute Gasteiger partial charge is 0.383 e. The summed E-state index contributed by atoms with van der Waals surface area (Å²) >= 11 is 5.30. The van der Waals surface area contributed by atoms with Crippen molar-refractivity contribution in [3.8, 4) is 0 Å². The maximum absolute atomic E-state index is 14.0. The van der Waals surface area contributed by atoms with Crippen LogP contribution in [0.15, 0.2) is 18.2 Å². The molecule has 2 aromatic rings. The Balaban J connectivity index is 2.60. The van der Waals surface area contributed by atoms with Gasteiger partial charge in [0.1, 0.15) is 11.3 Å². The fourth-order valence-electron chi connectivity index (χ4n) is 2.30. The van der Waals surface area contributed by atoms with Gasteiger partial charge < -0.3 is 14.3 Å². The topological polar surface area (TPSA) is 29.9 Å². The van der Waals surface area contributed by atoms with E-state index in [1.165, 1.54) is 6.07 Å². The van der Waals surface area contributed by atoms with Crippen LogP contribution in [0.5, 0.6) is 0 Å². The smallest absolute Gasteiger partial charge is 0.178 e. The first-order valence-corrected chi connectivity index (χ1v) is 6.47. The Morgan fingerprint density at radius 3 is 2.94 bits per heavy atom. The van der Waals surface area contributed by atoms with Gasteiger partial charge in [-0.25, -0.2) is 4.39 Å². The third-order valence-electron chi connectivity index (χ3n) is 3.03. The van der Waals surface area contributed by atoms with Crippen LogP contribution in [0.25, 0.3) is 11.0 Å². The number of imidazole rings is 1. The number of hydrogen-bond acceptors (Lipinski definition) is 2. The number of rotatable bonds is 5. The predicted molar refractivity (Wildman–Crippen MR) is 72.9 cm³/mol. The molecule has 5 heteroatoms. The number of nitrogens with zero attached hydrogens (tertiary/aromatic N) is 1. The Morgan fingerprint density at radius 2 is 2.28 bits per heavy atom. The maximum atomic E-state index is 14.0. The average Bonchev–Trinajstić information content (AvgIpc) is 2.66. The summed E-state index contributed by atoms with van der Waals surface area (Å²) in [6.45, 7) is 2.63. The molecule has 0 aliphatic carbocycles. The van der Waals surface area contributed by atoms with Crippen LogP contribution in [-0.4, -0.2) is 23.3 Å². The van der Waals surface area contributed by atoms with Gasteiger partial charge in [0.2, 0.25) is 0 Å². The zero-order valence-corrected chi connectivity index (χ0v) is 11.4. The first-order valence-electron chi connectivity index (χ1n) is 6.06. The van der Waals surface area contributed by atoms with Crippen molar-refractivity contribution in [3.63, 3.8) is 0 Å². The van der Waals surface area contributed by atoms with E-state index in [9.17, 15) is 4.39 Å². The minimum absolute atomic E-state index is 0.0677. The van der Waals surface area contributed by atoms with Gasteiger partial charge in [-0.3, -0.25) is 0 Å². The second kappa shape index (κ2) is 5.63. The highest BCUT2D eigenvalue weighted by atomic mass is 32.1. The highest BCUT2D eigenvalue weighted by Crippen LogP contribution is 2.24. The molecule has 0 bridgehead atoms. The maximum Gasteiger partial charge on any atom is 0.178 e. The summed E-state index contributed by atoms with van der Waals surface area (Å²) in [7, 11) is 1.65. The summed E-state index contributed by atoms with van der Waals surface area (Å²) < 4.78 is 21.6. The third kappa shape index (κ3) is 2.33. The number of nitrogens with one attached hydrogen (secondary N) is 1. The zero-order chi connectivity index (χ0) is 13.1. The van der Waals surface area contributed by atoms with E-state index in [-0.39, 0.29) is 11.9 Å². The van der Waals surface area contributed by atoms with Crippen LogP contribution in [-0.2, 0) is 4.74 Å². The first-order chi connectivity index (χ1) is 8.69. The SMILES string of the molecule is CCCC(COC)n1c(=S)[nH]c2cccc(F)c21. The molecule has 0 radical (unpaired) electrons. The molecule has 0 aliphatic heterocycles. The summed E-state index contributed by atoms with van der Waals surface area (Å²) in [4.78, 5) is 3.05. The number of hydrogen-bond donors (Lipinski definition) is 1. The van der Waals surface area contributed by atoms with Gasteiger partial charge in [0.25, 0.3) is 0 Å². The monoisotopic (exact) mass is 268 g/mol. The lowest BCUT2D eigenvalue weighted by Gasteiger charge is -2.18. The van der Waals surface area contributed by atoms with Crippen molar-refractivity contribution < 1.29 is 9.13 Å². The molecule has 3 nitrogen and oxygen atoms in total. The zero-order valence-electron chi connectivity index (χ0n) is 10.6. The average molecular weight is 268 g/mol. The van der Waals surface area contributed by atoms with E-state index in [0.717, 1.165) is 18.4 Å². The molecule has 1 heterocycles. The minimum atomic E-state index is -0.253. The highest BCUT2D eigenvalue weighted by Gasteiger charge is 2.17. The minimum Gasteiger partial charge on any atom is -0.383 e. The number of halogens is 1. The quantitative estimate of drug-likeness (QED) is 0.835. The van der Waals surface area contributed by atoms with Crippen LogP contribution in [0, 0.1) is 10.6 Å². The van der Waals surface area contributed by atoms with Crippen LogP contribution in [0.4, 0.5) is 4.39 Å². The van der Waals surface area contributed by atoms with Gasteiger partial charge in [-0.1, -0.05) is 19.4 Å². The summed E-state index contributed by atoms with van der Waals surface area (Å²) in [5.41, 5.74) is 1.27. The van der Waals surface area contributed by atoms with E-state index < -0.39 is 0 Å². The molecule has 1 aromatic carbocycles. The lowest BCUT2D eigenvalue weighted by Crippen LogP contribution is -2.15. The molecule has 1 atom stereocenters. The molecule has 0 saturated heterocycles. The fourth-order valence-corrected chi connectivity index (χ4v) is 2.65. The molecule has 0 spiro atoms. The van der Waals surface area contributed by atoms with Crippen LogP contribution in [0.2, 0.25) is 0 Å². The van der Waals surface area contributed by atoms with Crippen LogP contribution >= 0.6 is 12.2 Å². The Labute approximate surface area is 111 Å². The summed E-state index contributed by atoms with van der Waals surface area (Å²) in [6.07, 6.45) is 1.90. The van der Waals surface area contributed by atoms with Crippen molar-refractivity contribution >= 4 is 23.3 Å². The molecule has 0 amide bonds. The fraction of sp³-hybridized carbons (Fsp3) is 0.462. The van der Waals surface area contributed by atoms with Gasteiger partial charge in [0, 0.05) is 7.11 Å². The van der Waals surface area contributed by atoms with E-state index in [2.05, 4.69) is 11.9 Å². The van der Waals surface area contributed by atoms with E-state index in [4.69, 9.17) is 17.0 Å². The second-order valence-corrected chi connectivity index (χ2v) is 4.72. The lowest BCUT2D eigenvalue weighted by atomic mass is 10.1. The molecule has 1 N–H and O–H groups in total. The van der Waals surface area contributed by atoms with Crippen molar-refractivity contribution in [3.05, 3.63) is 28.8 Å².